The first-order chi connectivity index (χ1) is 13.3. The Morgan fingerprint density at radius 2 is 1.96 bits per heavy atom. The summed E-state index contributed by atoms with van der Waals surface area (Å²) in [6, 6.07) is 14.4. The van der Waals surface area contributed by atoms with Crippen LogP contribution in [0.25, 0.3) is 10.9 Å². The Bertz CT molecular complexity index is 877. The van der Waals surface area contributed by atoms with Crippen LogP contribution >= 0.6 is 0 Å². The number of likely N-dealkylation sites (tertiary alicyclic amines) is 1. The van der Waals surface area contributed by atoms with Crippen LogP contribution in [0, 0.1) is 0 Å². The van der Waals surface area contributed by atoms with Crippen molar-refractivity contribution < 1.29 is 9.47 Å². The summed E-state index contributed by atoms with van der Waals surface area (Å²) in [5.41, 5.74) is 3.25. The molecule has 0 atom stereocenters. The average Bonchev–Trinajstić information content (AvgIpc) is 2.73. The van der Waals surface area contributed by atoms with Gasteiger partial charge in [0.15, 0.2) is 0 Å². The Hall–Kier alpha value is -2.50. The number of rotatable bonds is 6. The van der Waals surface area contributed by atoms with Crippen LogP contribution in [0.3, 0.4) is 0 Å². The lowest BCUT2D eigenvalue weighted by atomic mass is 10.1. The monoisotopic (exact) mass is 363 g/mol. The predicted octanol–water partition coefficient (Wildman–Crippen LogP) is 3.82. The number of pyridine rings is 2. The SMILES string of the molecule is COc1nc2ccccc2cc1CN1CCC(OCc2cccnc2)CC1. The van der Waals surface area contributed by atoms with Gasteiger partial charge >= 0.3 is 0 Å². The number of benzene rings is 1. The highest BCUT2D eigenvalue weighted by atomic mass is 16.5. The third-order valence-electron chi connectivity index (χ3n) is 5.09. The molecule has 1 fully saturated rings. The van der Waals surface area contributed by atoms with E-state index >= 15 is 0 Å². The number of hydrogen-bond acceptors (Lipinski definition) is 5. The van der Waals surface area contributed by atoms with Crippen molar-refractivity contribution in [2.75, 3.05) is 20.2 Å². The highest BCUT2D eigenvalue weighted by Gasteiger charge is 2.21. The highest BCUT2D eigenvalue weighted by Crippen LogP contribution is 2.25. The number of hydrogen-bond donors (Lipinski definition) is 0. The molecule has 0 amide bonds. The minimum absolute atomic E-state index is 0.318. The Kier molecular flexibility index (Phi) is 5.61. The first kappa shape index (κ1) is 17.9. The molecule has 5 heteroatoms. The summed E-state index contributed by atoms with van der Waals surface area (Å²) in [7, 11) is 1.69. The summed E-state index contributed by atoms with van der Waals surface area (Å²) in [5.74, 6) is 0.726. The fourth-order valence-electron chi connectivity index (χ4n) is 3.60. The van der Waals surface area contributed by atoms with Crippen molar-refractivity contribution in [3.63, 3.8) is 0 Å². The number of piperidine rings is 1. The van der Waals surface area contributed by atoms with E-state index in [1.54, 1.807) is 13.3 Å². The number of nitrogens with zero attached hydrogens (tertiary/aromatic N) is 3. The highest BCUT2D eigenvalue weighted by molar-refractivity contribution is 5.80. The summed E-state index contributed by atoms with van der Waals surface area (Å²) in [6.07, 6.45) is 6.07. The van der Waals surface area contributed by atoms with E-state index in [4.69, 9.17) is 9.47 Å². The van der Waals surface area contributed by atoms with E-state index < -0.39 is 0 Å². The fraction of sp³-hybridized carbons (Fsp3) is 0.364. The minimum atomic E-state index is 0.318. The van der Waals surface area contributed by atoms with E-state index in [9.17, 15) is 0 Å². The van der Waals surface area contributed by atoms with Gasteiger partial charge in [-0.25, -0.2) is 4.98 Å². The molecule has 0 saturated carbocycles. The van der Waals surface area contributed by atoms with E-state index in [0.29, 0.717) is 12.7 Å². The van der Waals surface area contributed by atoms with Crippen molar-refractivity contribution in [1.29, 1.82) is 0 Å². The van der Waals surface area contributed by atoms with E-state index in [2.05, 4.69) is 33.1 Å². The topological polar surface area (TPSA) is 47.5 Å². The largest absolute Gasteiger partial charge is 0.481 e. The third kappa shape index (κ3) is 4.43. The molecule has 2 aromatic heterocycles. The summed E-state index contributed by atoms with van der Waals surface area (Å²) < 4.78 is 11.6. The van der Waals surface area contributed by atoms with Gasteiger partial charge in [-0.2, -0.15) is 0 Å². The molecule has 27 heavy (non-hydrogen) atoms. The molecule has 3 heterocycles. The molecule has 0 radical (unpaired) electrons. The van der Waals surface area contributed by atoms with Crippen molar-refractivity contribution in [2.45, 2.75) is 32.1 Å². The Morgan fingerprint density at radius 3 is 2.74 bits per heavy atom. The standard InChI is InChI=1S/C22H25N3O2/c1-26-22-19(13-18-6-2-3-7-21(18)24-22)15-25-11-8-20(9-12-25)27-16-17-5-4-10-23-14-17/h2-7,10,13-14,20H,8-9,11-12,15-16H2,1H3. The van der Waals surface area contributed by atoms with Crippen molar-refractivity contribution >= 4 is 10.9 Å². The van der Waals surface area contributed by atoms with Crippen molar-refractivity contribution in [2.24, 2.45) is 0 Å². The molecule has 0 bridgehead atoms. The van der Waals surface area contributed by atoms with Gasteiger partial charge < -0.3 is 9.47 Å². The lowest BCUT2D eigenvalue weighted by Gasteiger charge is -2.32. The van der Waals surface area contributed by atoms with Crippen LogP contribution in [0.5, 0.6) is 5.88 Å². The van der Waals surface area contributed by atoms with Gasteiger partial charge in [0.1, 0.15) is 0 Å². The molecule has 0 spiro atoms. The third-order valence-corrected chi connectivity index (χ3v) is 5.09. The number of aromatic nitrogens is 2. The van der Waals surface area contributed by atoms with Crippen LogP contribution in [-0.2, 0) is 17.9 Å². The van der Waals surface area contributed by atoms with Gasteiger partial charge in [-0.3, -0.25) is 9.88 Å². The Labute approximate surface area is 160 Å². The zero-order valence-corrected chi connectivity index (χ0v) is 15.7. The second-order valence-corrected chi connectivity index (χ2v) is 7.00. The molecule has 140 valence electrons. The van der Waals surface area contributed by atoms with Gasteiger partial charge in [0.05, 0.1) is 25.3 Å². The smallest absolute Gasteiger partial charge is 0.218 e. The van der Waals surface area contributed by atoms with Crippen LogP contribution in [0.15, 0.2) is 54.9 Å². The lowest BCUT2D eigenvalue weighted by Crippen LogP contribution is -2.36. The van der Waals surface area contributed by atoms with Gasteiger partial charge in [-0.05, 0) is 36.6 Å². The van der Waals surface area contributed by atoms with Crippen LogP contribution in [0.2, 0.25) is 0 Å². The van der Waals surface area contributed by atoms with Crippen LogP contribution in [0.1, 0.15) is 24.0 Å². The average molecular weight is 363 g/mol. The first-order valence-electron chi connectivity index (χ1n) is 9.47. The fourth-order valence-corrected chi connectivity index (χ4v) is 3.60. The van der Waals surface area contributed by atoms with E-state index in [1.807, 2.05) is 30.5 Å². The van der Waals surface area contributed by atoms with E-state index in [1.165, 1.54) is 0 Å². The maximum atomic E-state index is 6.07. The maximum Gasteiger partial charge on any atom is 0.218 e. The molecule has 5 nitrogen and oxygen atoms in total. The molecule has 3 aromatic rings. The first-order valence-corrected chi connectivity index (χ1v) is 9.47. The van der Waals surface area contributed by atoms with Gasteiger partial charge in [-0.15, -0.1) is 0 Å². The second kappa shape index (κ2) is 8.46. The van der Waals surface area contributed by atoms with Gasteiger partial charge in [0, 0.05) is 43.0 Å². The molecule has 0 aliphatic carbocycles. The summed E-state index contributed by atoms with van der Waals surface area (Å²) in [4.78, 5) is 11.3. The van der Waals surface area contributed by atoms with Gasteiger partial charge in [0.25, 0.3) is 0 Å². The normalized spacial score (nSPS) is 15.9. The number of fused-ring (bicyclic) bond motifs is 1. The zero-order chi connectivity index (χ0) is 18.5. The van der Waals surface area contributed by atoms with Gasteiger partial charge in [0.2, 0.25) is 5.88 Å². The Morgan fingerprint density at radius 1 is 1.11 bits per heavy atom. The molecule has 0 unspecified atom stereocenters. The van der Waals surface area contributed by atoms with E-state index in [0.717, 1.165) is 60.4 Å². The lowest BCUT2D eigenvalue weighted by molar-refractivity contribution is -0.00414. The van der Waals surface area contributed by atoms with Crippen molar-refractivity contribution in [3.8, 4) is 5.88 Å². The Balaban J connectivity index is 1.34. The van der Waals surface area contributed by atoms with Crippen molar-refractivity contribution in [3.05, 3.63) is 66.0 Å². The predicted molar refractivity (Wildman–Crippen MR) is 106 cm³/mol. The number of methoxy groups -OCH3 is 1. The molecular formula is C22H25N3O2. The summed E-state index contributed by atoms with van der Waals surface area (Å²) in [5, 5.41) is 1.16. The van der Waals surface area contributed by atoms with Crippen molar-refractivity contribution in [1.82, 2.24) is 14.9 Å². The molecule has 1 aliphatic heterocycles. The molecule has 0 N–H and O–H groups in total. The molecule has 1 saturated heterocycles. The van der Waals surface area contributed by atoms with Crippen LogP contribution in [-0.4, -0.2) is 41.2 Å². The maximum absolute atomic E-state index is 6.07. The quantitative estimate of drug-likeness (QED) is 0.666. The molecular weight excluding hydrogens is 338 g/mol. The number of para-hydroxylation sites is 1. The van der Waals surface area contributed by atoms with E-state index in [-0.39, 0.29) is 0 Å². The molecule has 1 aromatic carbocycles. The molecule has 4 rings (SSSR count). The van der Waals surface area contributed by atoms with Gasteiger partial charge in [-0.1, -0.05) is 24.3 Å². The van der Waals surface area contributed by atoms with Crippen LogP contribution < -0.4 is 4.74 Å². The minimum Gasteiger partial charge on any atom is -0.481 e. The molecule has 1 aliphatic rings. The number of ether oxygens (including phenoxy) is 2. The summed E-state index contributed by atoms with van der Waals surface area (Å²) in [6.45, 7) is 3.54. The second-order valence-electron chi connectivity index (χ2n) is 7.00. The zero-order valence-electron chi connectivity index (χ0n) is 15.7. The van der Waals surface area contributed by atoms with Crippen LogP contribution in [0.4, 0.5) is 0 Å². The summed E-state index contributed by atoms with van der Waals surface area (Å²) >= 11 is 0.